The van der Waals surface area contributed by atoms with E-state index < -0.39 is 0 Å². The number of rotatable bonds is 2. The molecule has 0 spiro atoms. The molecule has 0 saturated heterocycles. The second-order valence-electron chi connectivity index (χ2n) is 4.66. The average Bonchev–Trinajstić information content (AvgIpc) is 2.51. The Morgan fingerprint density at radius 2 is 1.95 bits per heavy atom. The fourth-order valence-corrected chi connectivity index (χ4v) is 2.37. The molecule has 0 bridgehead atoms. The van der Waals surface area contributed by atoms with Crippen molar-refractivity contribution in [3.8, 4) is 0 Å². The summed E-state index contributed by atoms with van der Waals surface area (Å²) in [5.41, 5.74) is 3.89. The molecular weight excluding hydrogens is 281 g/mol. The second-order valence-corrected chi connectivity index (χ2v) is 5.44. The van der Waals surface area contributed by atoms with Crippen LogP contribution in [-0.2, 0) is 6.42 Å². The molecule has 0 aromatic carbocycles. The van der Waals surface area contributed by atoms with E-state index in [9.17, 15) is 0 Å². The summed E-state index contributed by atoms with van der Waals surface area (Å²) in [4.78, 5) is 13.0. The molecule has 0 radical (unpaired) electrons. The fourth-order valence-electron chi connectivity index (χ4n) is 1.96. The largest absolute Gasteiger partial charge is 0.258 e. The van der Waals surface area contributed by atoms with Crippen molar-refractivity contribution in [2.45, 2.75) is 33.6 Å². The summed E-state index contributed by atoms with van der Waals surface area (Å²) in [6.07, 6.45) is 4.96. The first-order chi connectivity index (χ1) is 8.97. The van der Waals surface area contributed by atoms with Gasteiger partial charge in [-0.3, -0.25) is 4.98 Å². The highest BCUT2D eigenvalue weighted by atomic mass is 35.5. The van der Waals surface area contributed by atoms with Crippen LogP contribution in [-0.4, -0.2) is 16.5 Å². The highest BCUT2D eigenvalue weighted by Gasteiger charge is 2.12. The molecule has 1 aromatic rings. The Labute approximate surface area is 123 Å². The standard InChI is InChI=1S/C14H15Cl2N3/c1-8-4-11(6-17-10(3)19-8)5-13-14(16)9(2)12(15)7-18-13/h6-7H,4-5H2,1-3H3. The maximum Gasteiger partial charge on any atom is 0.125 e. The van der Waals surface area contributed by atoms with Gasteiger partial charge in [-0.2, -0.15) is 0 Å². The lowest BCUT2D eigenvalue weighted by Crippen LogP contribution is -2.01. The van der Waals surface area contributed by atoms with Crippen LogP contribution in [0.15, 0.2) is 28.0 Å². The zero-order valence-corrected chi connectivity index (χ0v) is 12.7. The van der Waals surface area contributed by atoms with E-state index in [0.717, 1.165) is 34.8 Å². The first-order valence-electron chi connectivity index (χ1n) is 6.03. The Bertz CT molecular complexity index is 601. The number of aromatic nitrogens is 1. The number of halogens is 2. The van der Waals surface area contributed by atoms with Gasteiger partial charge < -0.3 is 0 Å². The number of aliphatic imine (C=N–C) groups is 2. The van der Waals surface area contributed by atoms with Gasteiger partial charge in [-0.25, -0.2) is 9.98 Å². The monoisotopic (exact) mass is 295 g/mol. The van der Waals surface area contributed by atoms with E-state index in [-0.39, 0.29) is 0 Å². The first-order valence-corrected chi connectivity index (χ1v) is 6.79. The maximum absolute atomic E-state index is 6.28. The van der Waals surface area contributed by atoms with Crippen LogP contribution in [0.5, 0.6) is 0 Å². The van der Waals surface area contributed by atoms with Crippen molar-refractivity contribution in [1.82, 2.24) is 4.98 Å². The number of amidine groups is 1. The van der Waals surface area contributed by atoms with E-state index in [1.165, 1.54) is 0 Å². The summed E-state index contributed by atoms with van der Waals surface area (Å²) >= 11 is 12.3. The van der Waals surface area contributed by atoms with Gasteiger partial charge in [-0.1, -0.05) is 23.2 Å². The van der Waals surface area contributed by atoms with Crippen molar-refractivity contribution in [1.29, 1.82) is 0 Å². The summed E-state index contributed by atoms with van der Waals surface area (Å²) in [6.45, 7) is 5.78. The van der Waals surface area contributed by atoms with Gasteiger partial charge in [-0.15, -0.1) is 0 Å². The summed E-state index contributed by atoms with van der Waals surface area (Å²) in [6, 6.07) is 0. The van der Waals surface area contributed by atoms with Crippen molar-refractivity contribution in [3.63, 3.8) is 0 Å². The Balaban J connectivity index is 2.28. The molecular formula is C14H15Cl2N3. The lowest BCUT2D eigenvalue weighted by Gasteiger charge is -2.09. The zero-order valence-electron chi connectivity index (χ0n) is 11.2. The van der Waals surface area contributed by atoms with Gasteiger partial charge in [0.15, 0.2) is 0 Å². The lowest BCUT2D eigenvalue weighted by molar-refractivity contribution is 1.01. The van der Waals surface area contributed by atoms with Crippen LogP contribution >= 0.6 is 23.2 Å². The number of hydrogen-bond acceptors (Lipinski definition) is 3. The van der Waals surface area contributed by atoms with Gasteiger partial charge >= 0.3 is 0 Å². The molecule has 0 fully saturated rings. The molecule has 1 aliphatic heterocycles. The fraction of sp³-hybridized carbons (Fsp3) is 0.357. The lowest BCUT2D eigenvalue weighted by atomic mass is 10.0. The third kappa shape index (κ3) is 3.43. The van der Waals surface area contributed by atoms with Crippen LogP contribution in [0.25, 0.3) is 0 Å². The van der Waals surface area contributed by atoms with Gasteiger partial charge in [0.05, 0.1) is 15.7 Å². The van der Waals surface area contributed by atoms with Gasteiger partial charge in [-0.05, 0) is 31.9 Å². The minimum Gasteiger partial charge on any atom is -0.258 e. The third-order valence-corrected chi connectivity index (χ3v) is 3.82. The molecule has 3 nitrogen and oxygen atoms in total. The summed E-state index contributed by atoms with van der Waals surface area (Å²) in [7, 11) is 0. The van der Waals surface area contributed by atoms with Crippen LogP contribution < -0.4 is 0 Å². The molecule has 0 amide bonds. The Kier molecular flexibility index (Phi) is 4.38. The van der Waals surface area contributed by atoms with Crippen LogP contribution in [0.3, 0.4) is 0 Å². The topological polar surface area (TPSA) is 37.6 Å². The molecule has 5 heteroatoms. The molecule has 1 aromatic heterocycles. The Morgan fingerprint density at radius 3 is 2.68 bits per heavy atom. The molecule has 1 aliphatic rings. The van der Waals surface area contributed by atoms with E-state index in [0.29, 0.717) is 16.5 Å². The average molecular weight is 296 g/mol. The smallest absolute Gasteiger partial charge is 0.125 e. The van der Waals surface area contributed by atoms with Crippen LogP contribution in [0, 0.1) is 6.92 Å². The Morgan fingerprint density at radius 1 is 1.21 bits per heavy atom. The highest BCUT2D eigenvalue weighted by Crippen LogP contribution is 2.27. The third-order valence-electron chi connectivity index (χ3n) is 2.94. The van der Waals surface area contributed by atoms with E-state index in [4.69, 9.17) is 23.2 Å². The molecule has 100 valence electrons. The Hall–Kier alpha value is -1.19. The van der Waals surface area contributed by atoms with E-state index in [1.54, 1.807) is 6.20 Å². The van der Waals surface area contributed by atoms with Gasteiger partial charge in [0.25, 0.3) is 0 Å². The van der Waals surface area contributed by atoms with Crippen molar-refractivity contribution in [2.75, 3.05) is 0 Å². The van der Waals surface area contributed by atoms with Gasteiger partial charge in [0.2, 0.25) is 0 Å². The van der Waals surface area contributed by atoms with Crippen molar-refractivity contribution in [3.05, 3.63) is 39.3 Å². The first kappa shape index (κ1) is 14.2. The predicted octanol–water partition coefficient (Wildman–Crippen LogP) is 4.41. The molecule has 0 unspecified atom stereocenters. The van der Waals surface area contributed by atoms with Crippen molar-refractivity contribution >= 4 is 34.7 Å². The van der Waals surface area contributed by atoms with Gasteiger partial charge in [0.1, 0.15) is 5.84 Å². The van der Waals surface area contributed by atoms with Crippen molar-refractivity contribution < 1.29 is 0 Å². The summed E-state index contributed by atoms with van der Waals surface area (Å²) < 4.78 is 0. The van der Waals surface area contributed by atoms with E-state index in [2.05, 4.69) is 15.0 Å². The van der Waals surface area contributed by atoms with E-state index >= 15 is 0 Å². The molecule has 0 atom stereocenters. The normalized spacial score (nSPS) is 15.5. The number of pyridine rings is 1. The van der Waals surface area contributed by atoms with Crippen molar-refractivity contribution in [2.24, 2.45) is 9.98 Å². The van der Waals surface area contributed by atoms with Crippen LogP contribution in [0.4, 0.5) is 0 Å². The number of hydrogen-bond donors (Lipinski definition) is 0. The number of nitrogens with zero attached hydrogens (tertiary/aromatic N) is 3. The molecule has 0 aliphatic carbocycles. The molecule has 2 heterocycles. The number of allylic oxidation sites excluding steroid dienone is 1. The van der Waals surface area contributed by atoms with Crippen LogP contribution in [0.1, 0.15) is 31.5 Å². The minimum atomic E-state index is 0.593. The molecule has 0 saturated carbocycles. The SMILES string of the molecule is CC1=NC(C)=NC=C(Cc2ncc(Cl)c(C)c2Cl)C1. The minimum absolute atomic E-state index is 0.593. The summed E-state index contributed by atoms with van der Waals surface area (Å²) in [5, 5.41) is 1.23. The summed E-state index contributed by atoms with van der Waals surface area (Å²) in [5.74, 6) is 0.777. The molecule has 0 N–H and O–H groups in total. The molecule has 19 heavy (non-hydrogen) atoms. The highest BCUT2D eigenvalue weighted by molar-refractivity contribution is 6.36. The van der Waals surface area contributed by atoms with E-state index in [1.807, 2.05) is 27.0 Å². The quantitative estimate of drug-likeness (QED) is 0.796. The van der Waals surface area contributed by atoms with Gasteiger partial charge in [0, 0.05) is 31.0 Å². The van der Waals surface area contributed by atoms with Crippen LogP contribution in [0.2, 0.25) is 10.0 Å². The molecule has 2 rings (SSSR count). The maximum atomic E-state index is 6.28. The second kappa shape index (κ2) is 5.85. The zero-order chi connectivity index (χ0) is 14.0. The predicted molar refractivity (Wildman–Crippen MR) is 81.6 cm³/mol.